The number of nitrogens with zero attached hydrogens (tertiary/aromatic N) is 2. The van der Waals surface area contributed by atoms with Gasteiger partial charge in [0.2, 0.25) is 0 Å². The standard InChI is InChI=1S/C20H30N2O3/c1-15-6-4-7-16(14-15)21-10-12-22(13-11-21)20(23)19-17(24-2)8-5-9-18(19)25-3/h5,8-9,15-16H,4,6-7,10-14H2,1-3H3/t15-,16+/m0/s1. The van der Waals surface area contributed by atoms with Gasteiger partial charge >= 0.3 is 0 Å². The Hall–Kier alpha value is -1.75. The van der Waals surface area contributed by atoms with Crippen molar-refractivity contribution in [3.63, 3.8) is 0 Å². The van der Waals surface area contributed by atoms with Crippen molar-refractivity contribution in [3.8, 4) is 11.5 Å². The summed E-state index contributed by atoms with van der Waals surface area (Å²) in [7, 11) is 3.18. The maximum absolute atomic E-state index is 13.0. The van der Waals surface area contributed by atoms with Gasteiger partial charge in [0, 0.05) is 32.2 Å². The Kier molecular flexibility index (Phi) is 5.84. The summed E-state index contributed by atoms with van der Waals surface area (Å²) in [5.74, 6) is 1.99. The smallest absolute Gasteiger partial charge is 0.261 e. The molecule has 3 rings (SSSR count). The number of amides is 1. The summed E-state index contributed by atoms with van der Waals surface area (Å²) in [4.78, 5) is 17.6. The molecule has 1 aliphatic heterocycles. The summed E-state index contributed by atoms with van der Waals surface area (Å²) < 4.78 is 10.8. The molecule has 0 spiro atoms. The first-order valence-electron chi connectivity index (χ1n) is 9.38. The molecule has 1 aromatic rings. The van der Waals surface area contributed by atoms with Gasteiger partial charge in [-0.05, 0) is 30.9 Å². The predicted octanol–water partition coefficient (Wildman–Crippen LogP) is 3.04. The molecular formula is C20H30N2O3. The molecule has 138 valence electrons. The molecule has 0 N–H and O–H groups in total. The lowest BCUT2D eigenvalue weighted by Crippen LogP contribution is -2.52. The fourth-order valence-corrected chi connectivity index (χ4v) is 4.24. The zero-order valence-electron chi connectivity index (χ0n) is 15.7. The molecule has 0 unspecified atom stereocenters. The summed E-state index contributed by atoms with van der Waals surface area (Å²) in [5.41, 5.74) is 0.534. The molecule has 1 amide bonds. The van der Waals surface area contributed by atoms with E-state index in [0.717, 1.165) is 32.1 Å². The molecule has 2 aliphatic rings. The third-order valence-corrected chi connectivity index (χ3v) is 5.67. The van der Waals surface area contributed by atoms with Gasteiger partial charge < -0.3 is 14.4 Å². The molecule has 0 radical (unpaired) electrons. The largest absolute Gasteiger partial charge is 0.496 e. The molecule has 2 atom stereocenters. The van der Waals surface area contributed by atoms with E-state index in [-0.39, 0.29) is 5.91 Å². The van der Waals surface area contributed by atoms with E-state index < -0.39 is 0 Å². The number of piperazine rings is 1. The van der Waals surface area contributed by atoms with Crippen LogP contribution < -0.4 is 9.47 Å². The highest BCUT2D eigenvalue weighted by Gasteiger charge is 2.31. The highest BCUT2D eigenvalue weighted by Crippen LogP contribution is 2.31. The van der Waals surface area contributed by atoms with Crippen molar-refractivity contribution in [1.82, 2.24) is 9.80 Å². The molecule has 25 heavy (non-hydrogen) atoms. The summed E-state index contributed by atoms with van der Waals surface area (Å²) >= 11 is 0. The van der Waals surface area contributed by atoms with Crippen molar-refractivity contribution in [3.05, 3.63) is 23.8 Å². The van der Waals surface area contributed by atoms with Crippen LogP contribution in [-0.2, 0) is 0 Å². The summed E-state index contributed by atoms with van der Waals surface area (Å²) in [6.45, 7) is 5.82. The monoisotopic (exact) mass is 346 g/mol. The van der Waals surface area contributed by atoms with Crippen molar-refractivity contribution >= 4 is 5.91 Å². The topological polar surface area (TPSA) is 42.0 Å². The zero-order chi connectivity index (χ0) is 17.8. The fourth-order valence-electron chi connectivity index (χ4n) is 4.24. The number of carbonyl (C=O) groups is 1. The zero-order valence-corrected chi connectivity index (χ0v) is 15.7. The minimum Gasteiger partial charge on any atom is -0.496 e. The van der Waals surface area contributed by atoms with Crippen LogP contribution in [0.1, 0.15) is 43.0 Å². The lowest BCUT2D eigenvalue weighted by Gasteiger charge is -2.42. The molecule has 5 nitrogen and oxygen atoms in total. The Morgan fingerprint density at radius 3 is 2.24 bits per heavy atom. The molecule has 5 heteroatoms. The number of carbonyl (C=O) groups excluding carboxylic acids is 1. The number of rotatable bonds is 4. The van der Waals surface area contributed by atoms with Gasteiger partial charge in [0.25, 0.3) is 5.91 Å². The van der Waals surface area contributed by atoms with E-state index in [0.29, 0.717) is 23.1 Å². The lowest BCUT2D eigenvalue weighted by molar-refractivity contribution is 0.0484. The SMILES string of the molecule is COc1cccc(OC)c1C(=O)N1CCN([C@@H]2CCC[C@H](C)C2)CC1. The van der Waals surface area contributed by atoms with Gasteiger partial charge in [0.1, 0.15) is 17.1 Å². The second-order valence-corrected chi connectivity index (χ2v) is 7.29. The van der Waals surface area contributed by atoms with Gasteiger partial charge in [-0.25, -0.2) is 0 Å². The molecule has 1 aromatic carbocycles. The van der Waals surface area contributed by atoms with E-state index in [2.05, 4.69) is 11.8 Å². The summed E-state index contributed by atoms with van der Waals surface area (Å²) in [6, 6.07) is 6.17. The third kappa shape index (κ3) is 3.92. The second kappa shape index (κ2) is 8.09. The maximum atomic E-state index is 13.0. The summed E-state index contributed by atoms with van der Waals surface area (Å²) in [6.07, 6.45) is 5.30. The van der Waals surface area contributed by atoms with Crippen molar-refractivity contribution in [2.24, 2.45) is 5.92 Å². The molecule has 1 aliphatic carbocycles. The Morgan fingerprint density at radius 2 is 1.68 bits per heavy atom. The third-order valence-electron chi connectivity index (χ3n) is 5.67. The van der Waals surface area contributed by atoms with Crippen molar-refractivity contribution in [2.75, 3.05) is 40.4 Å². The number of benzene rings is 1. The number of hydrogen-bond acceptors (Lipinski definition) is 4. The fraction of sp³-hybridized carbons (Fsp3) is 0.650. The van der Waals surface area contributed by atoms with E-state index in [4.69, 9.17) is 9.47 Å². The van der Waals surface area contributed by atoms with Crippen molar-refractivity contribution in [1.29, 1.82) is 0 Å². The van der Waals surface area contributed by atoms with Crippen molar-refractivity contribution < 1.29 is 14.3 Å². The average molecular weight is 346 g/mol. The second-order valence-electron chi connectivity index (χ2n) is 7.29. The molecule has 0 aromatic heterocycles. The molecule has 1 saturated carbocycles. The van der Waals surface area contributed by atoms with E-state index in [1.165, 1.54) is 25.7 Å². The average Bonchev–Trinajstić information content (AvgIpc) is 2.66. The first-order valence-corrected chi connectivity index (χ1v) is 9.38. The van der Waals surface area contributed by atoms with E-state index >= 15 is 0 Å². The van der Waals surface area contributed by atoms with Crippen LogP contribution in [0.3, 0.4) is 0 Å². The molecule has 1 saturated heterocycles. The molecule has 2 fully saturated rings. The Balaban J connectivity index is 1.66. The van der Waals surface area contributed by atoms with Crippen LogP contribution in [-0.4, -0.2) is 62.1 Å². The summed E-state index contributed by atoms with van der Waals surface area (Å²) in [5, 5.41) is 0. The lowest BCUT2D eigenvalue weighted by atomic mass is 9.86. The Labute approximate surface area is 150 Å². The van der Waals surface area contributed by atoms with Crippen LogP contribution in [0.4, 0.5) is 0 Å². The Morgan fingerprint density at radius 1 is 1.04 bits per heavy atom. The van der Waals surface area contributed by atoms with E-state index in [9.17, 15) is 4.79 Å². The minimum atomic E-state index is 0.00552. The van der Waals surface area contributed by atoms with Gasteiger partial charge in [-0.3, -0.25) is 9.69 Å². The minimum absolute atomic E-state index is 0.00552. The molecular weight excluding hydrogens is 316 g/mol. The van der Waals surface area contributed by atoms with Crippen LogP contribution in [0, 0.1) is 5.92 Å². The number of hydrogen-bond donors (Lipinski definition) is 0. The quantitative estimate of drug-likeness (QED) is 0.840. The van der Waals surface area contributed by atoms with E-state index in [1.54, 1.807) is 14.2 Å². The Bertz CT molecular complexity index is 574. The van der Waals surface area contributed by atoms with Gasteiger partial charge in [-0.1, -0.05) is 25.8 Å². The van der Waals surface area contributed by atoms with Gasteiger partial charge in [0.05, 0.1) is 14.2 Å². The van der Waals surface area contributed by atoms with Gasteiger partial charge in [0.15, 0.2) is 0 Å². The maximum Gasteiger partial charge on any atom is 0.261 e. The number of methoxy groups -OCH3 is 2. The van der Waals surface area contributed by atoms with Crippen LogP contribution >= 0.6 is 0 Å². The highest BCUT2D eigenvalue weighted by atomic mass is 16.5. The van der Waals surface area contributed by atoms with E-state index in [1.807, 2.05) is 23.1 Å². The van der Waals surface area contributed by atoms with Crippen LogP contribution in [0.2, 0.25) is 0 Å². The molecule has 1 heterocycles. The van der Waals surface area contributed by atoms with Gasteiger partial charge in [-0.2, -0.15) is 0 Å². The first kappa shape index (κ1) is 18.1. The number of ether oxygens (including phenoxy) is 2. The van der Waals surface area contributed by atoms with Gasteiger partial charge in [-0.15, -0.1) is 0 Å². The van der Waals surface area contributed by atoms with Crippen LogP contribution in [0.5, 0.6) is 11.5 Å². The highest BCUT2D eigenvalue weighted by molar-refractivity contribution is 5.99. The van der Waals surface area contributed by atoms with Crippen LogP contribution in [0.15, 0.2) is 18.2 Å². The van der Waals surface area contributed by atoms with Crippen molar-refractivity contribution in [2.45, 2.75) is 38.6 Å². The van der Waals surface area contributed by atoms with Crippen LogP contribution in [0.25, 0.3) is 0 Å². The first-order chi connectivity index (χ1) is 12.1. The molecule has 0 bridgehead atoms. The predicted molar refractivity (Wildman–Crippen MR) is 98.4 cm³/mol. The normalized spacial score (nSPS) is 24.8.